The number of ketones is 1. The van der Waals surface area contributed by atoms with Gasteiger partial charge in [0.25, 0.3) is 0 Å². The van der Waals surface area contributed by atoms with Crippen molar-refractivity contribution in [2.75, 3.05) is 0 Å². The first-order chi connectivity index (χ1) is 6.91. The zero-order chi connectivity index (χ0) is 11.2. The summed E-state index contributed by atoms with van der Waals surface area (Å²) < 4.78 is 5.88. The highest BCUT2D eigenvalue weighted by Crippen LogP contribution is 2.37. The van der Waals surface area contributed by atoms with Gasteiger partial charge in [0, 0.05) is 0 Å². The van der Waals surface area contributed by atoms with Gasteiger partial charge in [-0.05, 0) is 38.8 Å². The number of rotatable bonds is 0. The summed E-state index contributed by atoms with van der Waals surface area (Å²) in [6, 6.07) is 3.98. The van der Waals surface area contributed by atoms with Gasteiger partial charge in [0.2, 0.25) is 0 Å². The minimum Gasteiger partial charge on any atom is -0.486 e. The van der Waals surface area contributed by atoms with Crippen molar-refractivity contribution in [3.8, 4) is 5.75 Å². The third-order valence-electron chi connectivity index (χ3n) is 2.81. The lowest BCUT2D eigenvalue weighted by molar-refractivity contribution is 0.0614. The summed E-state index contributed by atoms with van der Waals surface area (Å²) in [5, 5.41) is 0. The van der Waals surface area contributed by atoms with Crippen molar-refractivity contribution >= 4 is 5.78 Å². The number of hydrogen-bond acceptors (Lipinski definition) is 2. The molecule has 15 heavy (non-hydrogen) atoms. The molecule has 80 valence electrons. The highest BCUT2D eigenvalue weighted by Gasteiger charge is 2.34. The Hall–Kier alpha value is -1.31. The molecule has 2 heteroatoms. The molecule has 1 aliphatic heterocycles. The summed E-state index contributed by atoms with van der Waals surface area (Å²) in [6.07, 6.45) is 0.463. The van der Waals surface area contributed by atoms with Gasteiger partial charge in [-0.2, -0.15) is 0 Å². The molecule has 2 nitrogen and oxygen atoms in total. The second-order valence-corrected chi connectivity index (χ2v) is 4.87. The van der Waals surface area contributed by atoms with Crippen molar-refractivity contribution in [2.45, 2.75) is 39.7 Å². The molecule has 0 aliphatic carbocycles. The molecule has 0 saturated carbocycles. The SMILES string of the molecule is Cc1ccc(C)c2c1OC(C)(C)CC2=O. The predicted molar refractivity (Wildman–Crippen MR) is 59.6 cm³/mol. The molecule has 1 aromatic rings. The lowest BCUT2D eigenvalue weighted by Gasteiger charge is -2.33. The monoisotopic (exact) mass is 204 g/mol. The molecule has 0 atom stereocenters. The van der Waals surface area contributed by atoms with Crippen LogP contribution in [0.3, 0.4) is 0 Å². The third kappa shape index (κ3) is 1.65. The van der Waals surface area contributed by atoms with Crippen LogP contribution < -0.4 is 4.74 Å². The molecule has 0 radical (unpaired) electrons. The largest absolute Gasteiger partial charge is 0.486 e. The fourth-order valence-corrected chi connectivity index (χ4v) is 2.05. The number of benzene rings is 1. The van der Waals surface area contributed by atoms with E-state index in [0.29, 0.717) is 6.42 Å². The Bertz CT molecular complexity index is 430. The number of carbonyl (C=O) groups is 1. The van der Waals surface area contributed by atoms with Gasteiger partial charge in [-0.15, -0.1) is 0 Å². The second-order valence-electron chi connectivity index (χ2n) is 4.87. The Morgan fingerprint density at radius 2 is 1.80 bits per heavy atom. The summed E-state index contributed by atoms with van der Waals surface area (Å²) in [7, 11) is 0. The first-order valence-electron chi connectivity index (χ1n) is 5.23. The Morgan fingerprint density at radius 3 is 2.47 bits per heavy atom. The predicted octanol–water partition coefficient (Wildman–Crippen LogP) is 3.05. The molecule has 2 rings (SSSR count). The van der Waals surface area contributed by atoms with Crippen molar-refractivity contribution in [1.82, 2.24) is 0 Å². The van der Waals surface area contributed by atoms with Gasteiger partial charge in [0.15, 0.2) is 5.78 Å². The Balaban J connectivity index is 2.64. The summed E-state index contributed by atoms with van der Waals surface area (Å²) in [4.78, 5) is 12.0. The highest BCUT2D eigenvalue weighted by molar-refractivity contribution is 6.02. The number of hydrogen-bond donors (Lipinski definition) is 0. The van der Waals surface area contributed by atoms with Crippen LogP contribution in [0.1, 0.15) is 41.8 Å². The fraction of sp³-hybridized carbons (Fsp3) is 0.462. The first kappa shape index (κ1) is 10.2. The van der Waals surface area contributed by atoms with Crippen LogP contribution in [0.15, 0.2) is 12.1 Å². The van der Waals surface area contributed by atoms with Gasteiger partial charge < -0.3 is 4.74 Å². The van der Waals surface area contributed by atoms with Gasteiger partial charge >= 0.3 is 0 Å². The van der Waals surface area contributed by atoms with Gasteiger partial charge in [-0.3, -0.25) is 4.79 Å². The smallest absolute Gasteiger partial charge is 0.170 e. The minimum absolute atomic E-state index is 0.197. The maximum Gasteiger partial charge on any atom is 0.170 e. The third-order valence-corrected chi connectivity index (χ3v) is 2.81. The van der Waals surface area contributed by atoms with Crippen molar-refractivity contribution < 1.29 is 9.53 Å². The van der Waals surface area contributed by atoms with Gasteiger partial charge in [-0.1, -0.05) is 12.1 Å². The van der Waals surface area contributed by atoms with Crippen LogP contribution in [0.25, 0.3) is 0 Å². The molecule has 0 fully saturated rings. The maximum absolute atomic E-state index is 12.0. The standard InChI is InChI=1S/C13H16O2/c1-8-5-6-9(2)12-11(8)10(14)7-13(3,4)15-12/h5-6H,7H2,1-4H3. The van der Waals surface area contributed by atoms with E-state index >= 15 is 0 Å². The Labute approximate surface area is 90.3 Å². The number of fused-ring (bicyclic) bond motifs is 1. The molecule has 1 aromatic carbocycles. The van der Waals surface area contributed by atoms with E-state index in [4.69, 9.17) is 4.74 Å². The summed E-state index contributed by atoms with van der Waals surface area (Å²) >= 11 is 0. The molecular weight excluding hydrogens is 188 g/mol. The van der Waals surface area contributed by atoms with Crippen LogP contribution in [0.4, 0.5) is 0 Å². The van der Waals surface area contributed by atoms with E-state index < -0.39 is 0 Å². The van der Waals surface area contributed by atoms with Crippen molar-refractivity contribution in [2.24, 2.45) is 0 Å². The van der Waals surface area contributed by atoms with E-state index in [9.17, 15) is 4.79 Å². The molecule has 1 heterocycles. The van der Waals surface area contributed by atoms with Crippen molar-refractivity contribution in [1.29, 1.82) is 0 Å². The second kappa shape index (κ2) is 3.09. The van der Waals surface area contributed by atoms with E-state index in [1.54, 1.807) is 0 Å². The molecule has 0 spiro atoms. The average Bonchev–Trinajstić information content (AvgIpc) is 2.09. The molecule has 0 bridgehead atoms. The number of aryl methyl sites for hydroxylation is 2. The van der Waals surface area contributed by atoms with Crippen LogP contribution in [-0.4, -0.2) is 11.4 Å². The molecule has 0 saturated heterocycles. The van der Waals surface area contributed by atoms with E-state index in [1.807, 2.05) is 39.8 Å². The number of carbonyl (C=O) groups excluding carboxylic acids is 1. The van der Waals surface area contributed by atoms with Crippen molar-refractivity contribution in [3.05, 3.63) is 28.8 Å². The summed E-state index contributed by atoms with van der Waals surface area (Å²) in [5.41, 5.74) is 2.45. The molecule has 0 N–H and O–H groups in total. The molecule has 0 amide bonds. The molecule has 0 unspecified atom stereocenters. The van der Waals surface area contributed by atoms with E-state index in [0.717, 1.165) is 22.4 Å². The van der Waals surface area contributed by atoms with Crippen LogP contribution >= 0.6 is 0 Å². The maximum atomic E-state index is 12.0. The normalized spacial score (nSPS) is 18.3. The topological polar surface area (TPSA) is 26.3 Å². The Morgan fingerprint density at radius 1 is 1.20 bits per heavy atom. The molecule has 0 aromatic heterocycles. The van der Waals surface area contributed by atoms with Crippen molar-refractivity contribution in [3.63, 3.8) is 0 Å². The molecule has 1 aliphatic rings. The van der Waals surface area contributed by atoms with Crippen LogP contribution in [0.5, 0.6) is 5.75 Å². The minimum atomic E-state index is -0.372. The number of ether oxygens (including phenoxy) is 1. The zero-order valence-corrected chi connectivity index (χ0v) is 9.68. The average molecular weight is 204 g/mol. The summed E-state index contributed by atoms with van der Waals surface area (Å²) in [6.45, 7) is 7.84. The van der Waals surface area contributed by atoms with Crippen LogP contribution in [0.2, 0.25) is 0 Å². The highest BCUT2D eigenvalue weighted by atomic mass is 16.5. The lowest BCUT2D eigenvalue weighted by Crippen LogP contribution is -2.36. The van der Waals surface area contributed by atoms with Gasteiger partial charge in [-0.25, -0.2) is 0 Å². The quantitative estimate of drug-likeness (QED) is 0.649. The fourth-order valence-electron chi connectivity index (χ4n) is 2.05. The van der Waals surface area contributed by atoms with E-state index in [2.05, 4.69) is 0 Å². The Kier molecular flexibility index (Phi) is 2.10. The van der Waals surface area contributed by atoms with Crippen LogP contribution in [0, 0.1) is 13.8 Å². The lowest BCUT2D eigenvalue weighted by atomic mass is 9.89. The number of Topliss-reactive ketones (excluding diaryl/α,β-unsaturated/α-hetero) is 1. The van der Waals surface area contributed by atoms with E-state index in [-0.39, 0.29) is 11.4 Å². The first-order valence-corrected chi connectivity index (χ1v) is 5.23. The van der Waals surface area contributed by atoms with Gasteiger partial charge in [0.05, 0.1) is 12.0 Å². The van der Waals surface area contributed by atoms with Gasteiger partial charge in [0.1, 0.15) is 11.4 Å². The van der Waals surface area contributed by atoms with E-state index in [1.165, 1.54) is 0 Å². The van der Waals surface area contributed by atoms with Crippen LogP contribution in [-0.2, 0) is 0 Å². The summed E-state index contributed by atoms with van der Waals surface area (Å²) in [5.74, 6) is 0.971. The molecular formula is C13H16O2. The zero-order valence-electron chi connectivity index (χ0n) is 9.68.